The van der Waals surface area contributed by atoms with Crippen LogP contribution >= 0.6 is 0 Å². The highest BCUT2D eigenvalue weighted by Crippen LogP contribution is 2.50. The second kappa shape index (κ2) is 28.4. The molecular formula is C104H37N5O31. The molecule has 2 aromatic heterocycles. The van der Waals surface area contributed by atoms with Crippen LogP contribution in [-0.2, 0) is 23.7 Å². The highest BCUT2D eigenvalue weighted by Gasteiger charge is 2.41. The molecule has 0 saturated carbocycles. The zero-order valence-electron chi connectivity index (χ0n) is 69.6. The van der Waals surface area contributed by atoms with Crippen molar-refractivity contribution in [3.8, 4) is 0 Å². The van der Waals surface area contributed by atoms with Crippen LogP contribution in [0.4, 0.5) is 0 Å². The van der Waals surface area contributed by atoms with E-state index < -0.39 is 141 Å². The van der Waals surface area contributed by atoms with E-state index in [1.54, 1.807) is 48.5 Å². The van der Waals surface area contributed by atoms with Crippen molar-refractivity contribution >= 4 is 270 Å². The summed E-state index contributed by atoms with van der Waals surface area (Å²) < 4.78 is 32.6. The van der Waals surface area contributed by atoms with E-state index in [1.807, 2.05) is 48.5 Å². The van der Waals surface area contributed by atoms with Gasteiger partial charge < -0.3 is 32.5 Å². The summed E-state index contributed by atoms with van der Waals surface area (Å²) >= 11 is 0. The quantitative estimate of drug-likeness (QED) is 0.0235. The van der Waals surface area contributed by atoms with Crippen LogP contribution < -0.4 is 49.1 Å². The lowest BCUT2D eigenvalue weighted by molar-refractivity contribution is 0.0366. The Hall–Kier alpha value is -20.7. The first-order valence-corrected chi connectivity index (χ1v) is 41.8. The number of benzene rings is 18. The number of cyclic esters (lactones) is 10. The summed E-state index contributed by atoms with van der Waals surface area (Å²) in [6.07, 6.45) is 0. The lowest BCUT2D eigenvalue weighted by atomic mass is 9.83. The molecule has 0 aliphatic carbocycles. The fourth-order valence-corrected chi connectivity index (χ4v) is 20.4. The number of nitrogens with one attached hydrogen (secondary N) is 5. The van der Waals surface area contributed by atoms with Crippen LogP contribution in [0.25, 0.3) is 151 Å². The third-order valence-electron chi connectivity index (χ3n) is 26.4. The van der Waals surface area contributed by atoms with E-state index in [2.05, 4.69) is 49.6 Å². The van der Waals surface area contributed by atoms with Gasteiger partial charge in [-0.1, -0.05) is 48.5 Å². The van der Waals surface area contributed by atoms with Crippen molar-refractivity contribution in [1.82, 2.24) is 26.6 Å². The van der Waals surface area contributed by atoms with Gasteiger partial charge in [0.1, 0.15) is 0 Å². The number of amides is 10. The number of imide groups is 5. The molecule has 0 spiro atoms. The predicted molar refractivity (Wildman–Crippen MR) is 486 cm³/mol. The van der Waals surface area contributed by atoms with Crippen molar-refractivity contribution in [3.63, 3.8) is 0 Å². The molecule has 0 bridgehead atoms. The van der Waals surface area contributed by atoms with E-state index in [0.717, 1.165) is 64.6 Å². The van der Waals surface area contributed by atoms with Crippen molar-refractivity contribution in [3.05, 3.63) is 347 Å². The first-order valence-electron chi connectivity index (χ1n) is 41.8. The molecule has 664 valence electrons. The minimum Gasteiger partial charge on any atom is -0.386 e. The minimum absolute atomic E-state index is 0.153. The first kappa shape index (κ1) is 81.3. The van der Waals surface area contributed by atoms with Crippen LogP contribution in [0, 0.1) is 0 Å². The SMILES string of the molecule is O=C1NC(=O)c2ccc3c4c(ccc1c24)C(=O)NC3=O.O=C1NC(=O)c2ccc3c4c(ccc1c24)C(=O)OC3=O.O=C1NC(=O)c2ccc3c4ccc5c6c(ccc(c7ccc1c2c73)c64)C(=O)NC5=O.O=C1OC(=O)c2ccc3c4c(ccc1c24)C(=O)OC3=O.O=C1OC(=O)c2ccc3c4ccc5c6c(ccc(c7ccc1c2c73)c64)C(=O)OC5=O.O=c1oc(=O)c2cc3cc4c(=O)oc(=O)c4cc3cc12. The minimum atomic E-state index is -0.794. The summed E-state index contributed by atoms with van der Waals surface area (Å²) in [5.41, 5.74) is 3.08. The Balaban J connectivity index is 0.0000000896. The lowest BCUT2D eigenvalue weighted by Crippen LogP contribution is -2.38. The normalized spacial score (nSPS) is 15.3. The molecule has 0 unspecified atom stereocenters. The van der Waals surface area contributed by atoms with Gasteiger partial charge in [-0.3, -0.25) is 74.5 Å². The van der Waals surface area contributed by atoms with Crippen molar-refractivity contribution < 1.29 is 128 Å². The number of furan rings is 2. The van der Waals surface area contributed by atoms with Crippen molar-refractivity contribution in [2.75, 3.05) is 0 Å². The van der Waals surface area contributed by atoms with Gasteiger partial charge in [-0.25, -0.2) is 67.1 Å². The molecule has 140 heavy (non-hydrogen) atoms. The molecule has 0 fully saturated rings. The molecule has 10 amide bonds. The average Bonchev–Trinajstić information content (AvgIpc) is 1.24. The standard InChI is InChI=1S/C24H10N2O4.C24H8O6.C14H6N2O4.C14H5NO5.2C14H4O6/c27-21-13-5-1-9-10-2-6-15-20-16(24(30)26-23(15)29)8-4-12(18(10)20)11-3-7-14(22(28)25-21)19(13)17(9)11;25-21-13-5-1-9-10-2-6-15-20-16(24(28)30-23(15)27)8-4-12(18(10)20)11-3-7-14(22(26)29-21)19(13)17(9)11;17-11-5-1-2-6-10-8(14(20)16-12(6)18)4-3-7(9(5)10)13(19)15-11;16-11-5-1-3-7-10-8(14(19)20-13(7)18)4-2-6(9(5)10)12(17)15-11;15-11-7-1-5-2-9-10(14(18)20-13(9)17)4-6(5)3-8(7)12(16)19-11;15-11-5-1-2-6-10-8(14(18)20-12(6)16)4-3-7(9(5)10)13(17)19-11/h1-8H,(H,25,27,28)(H,26,29,30);1-8H;1-4H,(H,15,17,19)(H,16,18,20);1-4H,(H,15,16,17);2*1-4H. The largest absolute Gasteiger partial charge is 0.386 e. The second-order valence-electron chi connectivity index (χ2n) is 33.3. The van der Waals surface area contributed by atoms with Crippen molar-refractivity contribution in [2.24, 2.45) is 0 Å². The number of rotatable bonds is 0. The third-order valence-corrected chi connectivity index (χ3v) is 26.4. The van der Waals surface area contributed by atoms with Gasteiger partial charge in [-0.15, -0.1) is 0 Å². The number of hydrogen-bond acceptors (Lipinski definition) is 31. The molecule has 20 aromatic rings. The zero-order chi connectivity index (χ0) is 96.7. The lowest BCUT2D eigenvalue weighted by Gasteiger charge is -2.23. The number of esters is 10. The molecule has 30 rings (SSSR count). The number of fused-ring (bicyclic) bond motifs is 7. The van der Waals surface area contributed by atoms with Crippen molar-refractivity contribution in [2.45, 2.75) is 0 Å². The molecule has 18 aromatic carbocycles. The number of hydrogen-bond donors (Lipinski definition) is 5. The first-order chi connectivity index (χ1) is 67.4. The van der Waals surface area contributed by atoms with Gasteiger partial charge in [0.2, 0.25) is 0 Å². The van der Waals surface area contributed by atoms with Gasteiger partial charge in [0.05, 0.1) is 77.2 Å². The molecule has 0 radical (unpaired) electrons. The van der Waals surface area contributed by atoms with E-state index >= 15 is 0 Å². The average molecular weight is 1850 g/mol. The molecule has 0 saturated heterocycles. The summed E-state index contributed by atoms with van der Waals surface area (Å²) in [6, 6.07) is 51.4. The molecular weight excluding hydrogens is 1820 g/mol. The van der Waals surface area contributed by atoms with E-state index in [1.165, 1.54) is 97.1 Å². The molecule has 5 N–H and O–H groups in total. The summed E-state index contributed by atoms with van der Waals surface area (Å²) in [6.45, 7) is 0. The Bertz CT molecular complexity index is 8510. The van der Waals surface area contributed by atoms with Crippen LogP contribution in [0.2, 0.25) is 0 Å². The monoisotopic (exact) mass is 1850 g/mol. The van der Waals surface area contributed by atoms with Crippen LogP contribution in [-0.4, -0.2) is 119 Å². The molecule has 36 heteroatoms. The highest BCUT2D eigenvalue weighted by molar-refractivity contribution is 6.44. The van der Waals surface area contributed by atoms with Crippen LogP contribution in [0.1, 0.15) is 207 Å². The summed E-state index contributed by atoms with van der Waals surface area (Å²) in [4.78, 5) is 287. The van der Waals surface area contributed by atoms with E-state index in [-0.39, 0.29) is 76.8 Å². The van der Waals surface area contributed by atoms with Crippen LogP contribution in [0.3, 0.4) is 0 Å². The topological polar surface area (TPSA) is 542 Å². The third kappa shape index (κ3) is 11.1. The van der Waals surface area contributed by atoms with Gasteiger partial charge in [-0.05, 0) is 221 Å². The van der Waals surface area contributed by atoms with Crippen LogP contribution in [0.15, 0.2) is 222 Å². The van der Waals surface area contributed by atoms with Crippen LogP contribution in [0.5, 0.6) is 0 Å². The smallest absolute Gasteiger partial charge is 0.346 e. The summed E-state index contributed by atoms with van der Waals surface area (Å²) in [5.74, 6) is -12.2. The maximum atomic E-state index is 12.4. The van der Waals surface area contributed by atoms with E-state index in [4.69, 9.17) is 9.47 Å². The van der Waals surface area contributed by atoms with Gasteiger partial charge in [0, 0.05) is 109 Å². The molecule has 0 atom stereocenters. The number of carbonyl (C=O) groups excluding carboxylic acids is 20. The van der Waals surface area contributed by atoms with Gasteiger partial charge >= 0.3 is 82.2 Å². The van der Waals surface area contributed by atoms with Gasteiger partial charge in [0.15, 0.2) is 0 Å². The van der Waals surface area contributed by atoms with Gasteiger partial charge in [-0.2, -0.15) is 0 Å². The zero-order valence-corrected chi connectivity index (χ0v) is 69.6. The Morgan fingerprint density at radius 1 is 0.129 bits per heavy atom. The Morgan fingerprint density at radius 2 is 0.243 bits per heavy atom. The fraction of sp³-hybridized carbons (Fsp3) is 0. The Labute approximate surface area is 767 Å². The summed E-state index contributed by atoms with van der Waals surface area (Å²) in [7, 11) is 0. The van der Waals surface area contributed by atoms with E-state index in [0.29, 0.717) is 121 Å². The Morgan fingerprint density at radius 3 is 0.400 bits per heavy atom. The highest BCUT2D eigenvalue weighted by atomic mass is 16.6. The maximum absolute atomic E-state index is 12.4. The molecule has 10 aliphatic rings. The maximum Gasteiger partial charge on any atom is 0.346 e. The Kier molecular flexibility index (Phi) is 16.5. The fourth-order valence-electron chi connectivity index (χ4n) is 20.4. The van der Waals surface area contributed by atoms with Gasteiger partial charge in [0.25, 0.3) is 59.1 Å². The van der Waals surface area contributed by atoms with Crippen molar-refractivity contribution in [1.29, 1.82) is 0 Å². The molecule has 10 aliphatic heterocycles. The molecule has 36 nitrogen and oxygen atoms in total. The number of ether oxygens (including phenoxy) is 5. The summed E-state index contributed by atoms with van der Waals surface area (Å²) in [5, 5.41) is 27.6. The number of carbonyl (C=O) groups is 20. The molecule has 12 heterocycles. The van der Waals surface area contributed by atoms with E-state index in [9.17, 15) is 115 Å². The second-order valence-corrected chi connectivity index (χ2v) is 33.3. The predicted octanol–water partition coefficient (Wildman–Crippen LogP) is 11.6.